The first-order valence-corrected chi connectivity index (χ1v) is 7.04. The zero-order chi connectivity index (χ0) is 12.8. The topological polar surface area (TPSA) is 55.1 Å². The number of amides is 1. The molecule has 17 heavy (non-hydrogen) atoms. The van der Waals surface area contributed by atoms with E-state index in [-0.39, 0.29) is 17.9 Å². The number of nitrogens with two attached hydrogens (primary N) is 1. The number of carbonyl (C=O) groups excluding carboxylic acids is 1. The van der Waals surface area contributed by atoms with Crippen molar-refractivity contribution in [3.63, 3.8) is 0 Å². The number of carbonyl (C=O) groups is 1. The molecule has 0 aromatic carbocycles. The molecule has 1 saturated carbocycles. The Labute approximate surface area is 106 Å². The Hall–Kier alpha value is -0.570. The van der Waals surface area contributed by atoms with Crippen LogP contribution in [0.15, 0.2) is 0 Å². The molecule has 2 atom stereocenters. The van der Waals surface area contributed by atoms with Crippen LogP contribution in [0.5, 0.6) is 0 Å². The predicted octanol–water partition coefficient (Wildman–Crippen LogP) is 2.30. The summed E-state index contributed by atoms with van der Waals surface area (Å²) in [6, 6.07) is -0.0643. The summed E-state index contributed by atoms with van der Waals surface area (Å²) in [4.78, 5) is 11.7. The molecule has 0 bridgehead atoms. The molecular formula is C14H28N2O. The summed E-state index contributed by atoms with van der Waals surface area (Å²) in [5.41, 5.74) is 5.71. The van der Waals surface area contributed by atoms with Gasteiger partial charge >= 0.3 is 0 Å². The first-order chi connectivity index (χ1) is 8.00. The average molecular weight is 240 g/mol. The molecule has 1 rings (SSSR count). The second kappa shape index (κ2) is 7.00. The van der Waals surface area contributed by atoms with Crippen LogP contribution < -0.4 is 11.1 Å². The highest BCUT2D eigenvalue weighted by atomic mass is 16.1. The van der Waals surface area contributed by atoms with Gasteiger partial charge in [0.1, 0.15) is 0 Å². The van der Waals surface area contributed by atoms with Crippen molar-refractivity contribution in [1.29, 1.82) is 0 Å². The van der Waals surface area contributed by atoms with Crippen LogP contribution in [0.4, 0.5) is 0 Å². The van der Waals surface area contributed by atoms with Gasteiger partial charge < -0.3 is 11.1 Å². The average Bonchev–Trinajstić information content (AvgIpc) is 2.30. The minimum atomic E-state index is -0.0821. The minimum Gasteiger partial charge on any atom is -0.356 e. The van der Waals surface area contributed by atoms with E-state index < -0.39 is 0 Å². The summed E-state index contributed by atoms with van der Waals surface area (Å²) in [6.45, 7) is 6.92. The van der Waals surface area contributed by atoms with Crippen molar-refractivity contribution < 1.29 is 4.79 Å². The second-order valence-electron chi connectivity index (χ2n) is 5.85. The molecule has 3 N–H and O–H groups in total. The fourth-order valence-corrected chi connectivity index (χ4v) is 2.42. The van der Waals surface area contributed by atoms with Gasteiger partial charge in [-0.3, -0.25) is 4.79 Å². The molecule has 0 aliphatic heterocycles. The zero-order valence-electron chi connectivity index (χ0n) is 11.5. The van der Waals surface area contributed by atoms with Gasteiger partial charge in [0.05, 0.1) is 0 Å². The number of rotatable bonds is 5. The third-order valence-corrected chi connectivity index (χ3v) is 4.19. The number of hydrogen-bond donors (Lipinski definition) is 2. The van der Waals surface area contributed by atoms with Gasteiger partial charge in [-0.1, -0.05) is 39.5 Å². The third kappa shape index (κ3) is 5.07. The molecule has 0 heterocycles. The summed E-state index contributed by atoms with van der Waals surface area (Å²) < 4.78 is 0. The lowest BCUT2D eigenvalue weighted by Gasteiger charge is -2.26. The maximum Gasteiger partial charge on any atom is 0.224 e. The van der Waals surface area contributed by atoms with Crippen molar-refractivity contribution in [3.8, 4) is 0 Å². The van der Waals surface area contributed by atoms with E-state index in [2.05, 4.69) is 12.2 Å². The summed E-state index contributed by atoms with van der Waals surface area (Å²) >= 11 is 0. The van der Waals surface area contributed by atoms with Gasteiger partial charge in [0.2, 0.25) is 5.91 Å². The molecule has 3 heteroatoms. The van der Waals surface area contributed by atoms with E-state index >= 15 is 0 Å². The Morgan fingerprint density at radius 1 is 1.29 bits per heavy atom. The molecule has 0 radical (unpaired) electrons. The van der Waals surface area contributed by atoms with Gasteiger partial charge in [0.15, 0.2) is 0 Å². The minimum absolute atomic E-state index is 0.0643. The summed E-state index contributed by atoms with van der Waals surface area (Å²) in [6.07, 6.45) is 6.51. The fourth-order valence-electron chi connectivity index (χ4n) is 2.42. The van der Waals surface area contributed by atoms with Gasteiger partial charge in [-0.25, -0.2) is 0 Å². The van der Waals surface area contributed by atoms with Crippen molar-refractivity contribution in [2.75, 3.05) is 6.54 Å². The van der Waals surface area contributed by atoms with Crippen molar-refractivity contribution >= 4 is 5.91 Å². The van der Waals surface area contributed by atoms with E-state index in [0.29, 0.717) is 0 Å². The van der Waals surface area contributed by atoms with E-state index in [1.54, 1.807) is 0 Å². The third-order valence-electron chi connectivity index (χ3n) is 4.19. The van der Waals surface area contributed by atoms with Crippen molar-refractivity contribution in [2.24, 2.45) is 23.5 Å². The molecule has 0 aromatic rings. The zero-order valence-corrected chi connectivity index (χ0v) is 11.5. The van der Waals surface area contributed by atoms with Crippen molar-refractivity contribution in [3.05, 3.63) is 0 Å². The highest BCUT2D eigenvalue weighted by molar-refractivity contribution is 5.78. The molecular weight excluding hydrogens is 212 g/mol. The van der Waals surface area contributed by atoms with Gasteiger partial charge in [-0.2, -0.15) is 0 Å². The highest BCUT2D eigenvalue weighted by Gasteiger charge is 2.19. The quantitative estimate of drug-likeness (QED) is 0.774. The summed E-state index contributed by atoms with van der Waals surface area (Å²) in [5, 5.41) is 3.00. The first-order valence-electron chi connectivity index (χ1n) is 7.04. The largest absolute Gasteiger partial charge is 0.356 e. The van der Waals surface area contributed by atoms with Crippen molar-refractivity contribution in [2.45, 2.75) is 58.9 Å². The van der Waals surface area contributed by atoms with Crippen LogP contribution in [-0.2, 0) is 4.79 Å². The molecule has 1 aliphatic rings. The highest BCUT2D eigenvalue weighted by Crippen LogP contribution is 2.29. The number of hydrogen-bond acceptors (Lipinski definition) is 2. The van der Waals surface area contributed by atoms with E-state index in [0.717, 1.165) is 24.8 Å². The van der Waals surface area contributed by atoms with Gasteiger partial charge in [-0.05, 0) is 25.2 Å². The maximum atomic E-state index is 11.7. The van der Waals surface area contributed by atoms with Crippen molar-refractivity contribution in [1.82, 2.24) is 5.32 Å². The predicted molar refractivity (Wildman–Crippen MR) is 71.6 cm³/mol. The lowest BCUT2D eigenvalue weighted by Crippen LogP contribution is -2.39. The van der Waals surface area contributed by atoms with Crippen LogP contribution in [0.1, 0.15) is 52.9 Å². The lowest BCUT2D eigenvalue weighted by molar-refractivity contribution is -0.124. The SMILES string of the molecule is CC1CCC(CCNC(=O)C(C)C(C)N)CC1. The Kier molecular flexibility index (Phi) is 5.96. The normalized spacial score (nSPS) is 28.5. The number of nitrogens with one attached hydrogen (secondary N) is 1. The summed E-state index contributed by atoms with van der Waals surface area (Å²) in [7, 11) is 0. The molecule has 0 spiro atoms. The smallest absolute Gasteiger partial charge is 0.224 e. The van der Waals surface area contributed by atoms with E-state index in [1.807, 2.05) is 13.8 Å². The van der Waals surface area contributed by atoms with Crippen LogP contribution in [0, 0.1) is 17.8 Å². The van der Waals surface area contributed by atoms with Crippen LogP contribution in [0.2, 0.25) is 0 Å². The monoisotopic (exact) mass is 240 g/mol. The molecule has 3 nitrogen and oxygen atoms in total. The molecule has 0 aromatic heterocycles. The van der Waals surface area contributed by atoms with E-state index in [1.165, 1.54) is 25.7 Å². The Morgan fingerprint density at radius 2 is 1.88 bits per heavy atom. The fraction of sp³-hybridized carbons (Fsp3) is 0.929. The van der Waals surface area contributed by atoms with Gasteiger partial charge in [0, 0.05) is 18.5 Å². The van der Waals surface area contributed by atoms with Crippen LogP contribution in [-0.4, -0.2) is 18.5 Å². The van der Waals surface area contributed by atoms with Gasteiger partial charge in [-0.15, -0.1) is 0 Å². The molecule has 100 valence electrons. The Balaban J connectivity index is 2.13. The Morgan fingerprint density at radius 3 is 2.41 bits per heavy atom. The van der Waals surface area contributed by atoms with Crippen LogP contribution in [0.25, 0.3) is 0 Å². The molecule has 0 saturated heterocycles. The standard InChI is InChI=1S/C14H28N2O/c1-10-4-6-13(7-5-10)8-9-16-14(17)11(2)12(3)15/h10-13H,4-9,15H2,1-3H3,(H,16,17). The molecule has 1 fully saturated rings. The molecule has 2 unspecified atom stereocenters. The van der Waals surface area contributed by atoms with Gasteiger partial charge in [0.25, 0.3) is 0 Å². The second-order valence-corrected chi connectivity index (χ2v) is 5.85. The Bertz CT molecular complexity index is 232. The van der Waals surface area contributed by atoms with E-state index in [9.17, 15) is 4.79 Å². The molecule has 1 amide bonds. The first kappa shape index (κ1) is 14.5. The van der Waals surface area contributed by atoms with Crippen LogP contribution in [0.3, 0.4) is 0 Å². The maximum absolute atomic E-state index is 11.7. The lowest BCUT2D eigenvalue weighted by atomic mass is 9.81. The van der Waals surface area contributed by atoms with E-state index in [4.69, 9.17) is 5.73 Å². The molecule has 1 aliphatic carbocycles. The summed E-state index contributed by atoms with van der Waals surface area (Å²) in [5.74, 6) is 1.74. The van der Waals surface area contributed by atoms with Crippen LogP contribution >= 0.6 is 0 Å².